The molecule has 0 spiro atoms. The van der Waals surface area contributed by atoms with Gasteiger partial charge >= 0.3 is 0 Å². The summed E-state index contributed by atoms with van der Waals surface area (Å²) < 4.78 is 10.8. The zero-order chi connectivity index (χ0) is 18.9. The molecule has 0 bridgehead atoms. The summed E-state index contributed by atoms with van der Waals surface area (Å²) in [6.45, 7) is 2.76. The molecule has 2 aromatic rings. The van der Waals surface area contributed by atoms with Crippen molar-refractivity contribution in [2.24, 2.45) is 0 Å². The molecule has 1 N–H and O–H groups in total. The fourth-order valence-electron chi connectivity index (χ4n) is 3.23. The van der Waals surface area contributed by atoms with E-state index in [9.17, 15) is 4.79 Å². The van der Waals surface area contributed by atoms with Crippen molar-refractivity contribution in [1.82, 2.24) is 0 Å². The lowest BCUT2D eigenvalue weighted by Gasteiger charge is -2.28. The Kier molecular flexibility index (Phi) is 8.95. The van der Waals surface area contributed by atoms with Gasteiger partial charge in [0.1, 0.15) is 11.5 Å². The summed E-state index contributed by atoms with van der Waals surface area (Å²) in [6.07, 6.45) is 4.95. The van der Waals surface area contributed by atoms with Gasteiger partial charge in [-0.15, -0.1) is 0 Å². The standard InChI is InChI=1S/C22H28N2O3.ClH/c1-26-20-11-13-21(14-12-20)27-17-5-6-22(25)23-18-7-9-19(10-8-18)24-15-3-2-4-16-24;/h7-14H,2-6,15-17H2,1H3,(H,23,25);1H/p-1. The summed E-state index contributed by atoms with van der Waals surface area (Å²) in [4.78, 5) is 14.5. The van der Waals surface area contributed by atoms with E-state index in [0.717, 1.165) is 30.3 Å². The summed E-state index contributed by atoms with van der Waals surface area (Å²) in [5.74, 6) is 1.59. The lowest BCUT2D eigenvalue weighted by Crippen LogP contribution is -3.00. The number of hydrogen-bond acceptors (Lipinski definition) is 4. The predicted octanol–water partition coefficient (Wildman–Crippen LogP) is 1.49. The molecule has 0 aliphatic carbocycles. The van der Waals surface area contributed by atoms with Gasteiger partial charge in [0, 0.05) is 30.9 Å². The quantitative estimate of drug-likeness (QED) is 0.678. The number of nitrogens with one attached hydrogen (secondary N) is 1. The lowest BCUT2D eigenvalue weighted by atomic mass is 10.1. The fourth-order valence-corrected chi connectivity index (χ4v) is 3.23. The van der Waals surface area contributed by atoms with Gasteiger partial charge in [0.05, 0.1) is 13.7 Å². The number of amides is 1. The van der Waals surface area contributed by atoms with Crippen LogP contribution in [0.2, 0.25) is 0 Å². The topological polar surface area (TPSA) is 50.8 Å². The predicted molar refractivity (Wildman–Crippen MR) is 109 cm³/mol. The fraction of sp³-hybridized carbons (Fsp3) is 0.409. The van der Waals surface area contributed by atoms with E-state index in [0.29, 0.717) is 19.4 Å². The number of piperidine rings is 1. The van der Waals surface area contributed by atoms with E-state index in [4.69, 9.17) is 9.47 Å². The molecule has 0 unspecified atom stereocenters. The summed E-state index contributed by atoms with van der Waals surface area (Å²) in [5, 5.41) is 2.96. The first-order valence-corrected chi connectivity index (χ1v) is 9.66. The van der Waals surface area contributed by atoms with Crippen molar-refractivity contribution in [3.63, 3.8) is 0 Å². The van der Waals surface area contributed by atoms with E-state index in [1.165, 1.54) is 24.9 Å². The summed E-state index contributed by atoms with van der Waals surface area (Å²) >= 11 is 0. The highest BCUT2D eigenvalue weighted by atomic mass is 35.5. The number of ether oxygens (including phenoxy) is 2. The van der Waals surface area contributed by atoms with E-state index in [1.54, 1.807) is 7.11 Å². The SMILES string of the molecule is COc1ccc(OCCCC(=O)Nc2ccc(N3CCCCC3)cc2)cc1.[Cl-]. The van der Waals surface area contributed by atoms with E-state index >= 15 is 0 Å². The van der Waals surface area contributed by atoms with Crippen LogP contribution in [0.1, 0.15) is 32.1 Å². The molecule has 2 aromatic carbocycles. The second kappa shape index (κ2) is 11.4. The summed E-state index contributed by atoms with van der Waals surface area (Å²) in [6, 6.07) is 15.6. The molecule has 1 fully saturated rings. The number of benzene rings is 2. The third-order valence-corrected chi connectivity index (χ3v) is 4.75. The normalized spacial score (nSPS) is 13.4. The number of methoxy groups -OCH3 is 1. The van der Waals surface area contributed by atoms with Crippen molar-refractivity contribution < 1.29 is 26.7 Å². The largest absolute Gasteiger partial charge is 1.00 e. The average molecular weight is 404 g/mol. The molecule has 28 heavy (non-hydrogen) atoms. The Balaban J connectivity index is 0.00000280. The molecule has 0 saturated carbocycles. The van der Waals surface area contributed by atoms with Crippen molar-refractivity contribution in [1.29, 1.82) is 0 Å². The maximum Gasteiger partial charge on any atom is 0.224 e. The van der Waals surface area contributed by atoms with Gasteiger partial charge in [-0.25, -0.2) is 0 Å². The highest BCUT2D eigenvalue weighted by molar-refractivity contribution is 5.90. The number of halogens is 1. The Bertz CT molecular complexity index is 714. The summed E-state index contributed by atoms with van der Waals surface area (Å²) in [5.41, 5.74) is 2.08. The van der Waals surface area contributed by atoms with Gasteiger partial charge in [-0.3, -0.25) is 4.79 Å². The van der Waals surface area contributed by atoms with Crippen molar-refractivity contribution in [3.05, 3.63) is 48.5 Å². The molecule has 1 aliphatic heterocycles. The number of rotatable bonds is 8. The summed E-state index contributed by atoms with van der Waals surface area (Å²) in [7, 11) is 1.63. The van der Waals surface area contributed by atoms with Crippen LogP contribution >= 0.6 is 0 Å². The van der Waals surface area contributed by atoms with Crippen LogP contribution in [-0.4, -0.2) is 32.7 Å². The van der Waals surface area contributed by atoms with Gasteiger partial charge in [-0.05, 0) is 74.2 Å². The van der Waals surface area contributed by atoms with Gasteiger partial charge in [0.25, 0.3) is 0 Å². The molecule has 1 aliphatic rings. The molecule has 5 nitrogen and oxygen atoms in total. The first-order valence-electron chi connectivity index (χ1n) is 9.66. The number of carbonyl (C=O) groups is 1. The minimum Gasteiger partial charge on any atom is -1.00 e. The average Bonchev–Trinajstić information content (AvgIpc) is 2.73. The van der Waals surface area contributed by atoms with E-state index in [1.807, 2.05) is 36.4 Å². The Morgan fingerprint density at radius 3 is 2.25 bits per heavy atom. The van der Waals surface area contributed by atoms with Crippen LogP contribution in [0.3, 0.4) is 0 Å². The van der Waals surface area contributed by atoms with Gasteiger partial charge < -0.3 is 32.1 Å². The van der Waals surface area contributed by atoms with Crippen LogP contribution in [0.15, 0.2) is 48.5 Å². The molecule has 0 atom stereocenters. The molecule has 0 aromatic heterocycles. The third kappa shape index (κ3) is 6.64. The number of hydrogen-bond donors (Lipinski definition) is 1. The van der Waals surface area contributed by atoms with Gasteiger partial charge in [-0.2, -0.15) is 0 Å². The molecular formula is C22H28ClN2O3-. The van der Waals surface area contributed by atoms with Crippen molar-refractivity contribution >= 4 is 17.3 Å². The van der Waals surface area contributed by atoms with Gasteiger partial charge in [0.15, 0.2) is 0 Å². The zero-order valence-corrected chi connectivity index (χ0v) is 17.1. The van der Waals surface area contributed by atoms with Gasteiger partial charge in [0.2, 0.25) is 5.91 Å². The third-order valence-electron chi connectivity index (χ3n) is 4.75. The molecule has 152 valence electrons. The van der Waals surface area contributed by atoms with E-state index in [-0.39, 0.29) is 18.3 Å². The maximum absolute atomic E-state index is 12.1. The van der Waals surface area contributed by atoms with Crippen molar-refractivity contribution in [3.8, 4) is 11.5 Å². The van der Waals surface area contributed by atoms with E-state index in [2.05, 4.69) is 22.3 Å². The second-order valence-electron chi connectivity index (χ2n) is 6.77. The number of anilines is 2. The molecule has 1 heterocycles. The monoisotopic (exact) mass is 403 g/mol. The lowest BCUT2D eigenvalue weighted by molar-refractivity contribution is -0.116. The number of nitrogens with zero attached hydrogens (tertiary/aromatic N) is 1. The van der Waals surface area contributed by atoms with E-state index < -0.39 is 0 Å². The molecule has 1 amide bonds. The highest BCUT2D eigenvalue weighted by Crippen LogP contribution is 2.22. The number of carbonyl (C=O) groups excluding carboxylic acids is 1. The van der Waals surface area contributed by atoms with Crippen molar-refractivity contribution in [2.75, 3.05) is 37.0 Å². The maximum atomic E-state index is 12.1. The Morgan fingerprint density at radius 1 is 0.964 bits per heavy atom. The first kappa shape index (κ1) is 21.9. The van der Waals surface area contributed by atoms with Crippen molar-refractivity contribution in [2.45, 2.75) is 32.1 Å². The Hall–Kier alpha value is -2.40. The Morgan fingerprint density at radius 2 is 1.61 bits per heavy atom. The van der Waals surface area contributed by atoms with Crippen LogP contribution in [0.25, 0.3) is 0 Å². The highest BCUT2D eigenvalue weighted by Gasteiger charge is 2.11. The van der Waals surface area contributed by atoms with Crippen LogP contribution in [-0.2, 0) is 4.79 Å². The second-order valence-corrected chi connectivity index (χ2v) is 6.77. The van der Waals surface area contributed by atoms with Crippen LogP contribution in [0.4, 0.5) is 11.4 Å². The molecule has 6 heteroatoms. The van der Waals surface area contributed by atoms with Crippen LogP contribution in [0.5, 0.6) is 11.5 Å². The molecule has 1 saturated heterocycles. The van der Waals surface area contributed by atoms with Crippen LogP contribution in [0, 0.1) is 0 Å². The zero-order valence-electron chi connectivity index (χ0n) is 16.3. The van der Waals surface area contributed by atoms with Crippen LogP contribution < -0.4 is 32.1 Å². The molecule has 3 rings (SSSR count). The minimum absolute atomic E-state index is 0. The molecule has 0 radical (unpaired) electrons. The smallest absolute Gasteiger partial charge is 0.224 e. The Labute approximate surface area is 173 Å². The minimum atomic E-state index is 0. The first-order chi connectivity index (χ1) is 13.2. The van der Waals surface area contributed by atoms with Gasteiger partial charge in [-0.1, -0.05) is 0 Å². The molecular weight excluding hydrogens is 376 g/mol.